The highest BCUT2D eigenvalue weighted by Gasteiger charge is 2.20. The number of rotatable bonds is 5. The summed E-state index contributed by atoms with van der Waals surface area (Å²) in [5.74, 6) is 0.349. The molecule has 1 aromatic rings. The first-order valence-electron chi connectivity index (χ1n) is 9.02. The van der Waals surface area contributed by atoms with Crippen molar-refractivity contribution in [2.24, 2.45) is 10.7 Å². The molecule has 1 aromatic carbocycles. The molecule has 0 saturated carbocycles. The second-order valence-electron chi connectivity index (χ2n) is 6.39. The van der Waals surface area contributed by atoms with E-state index in [1.807, 2.05) is 6.08 Å². The van der Waals surface area contributed by atoms with Crippen LogP contribution in [0.25, 0.3) is 6.08 Å². The molecule has 1 fully saturated rings. The largest absolute Gasteiger partial charge is 0.493 e. The van der Waals surface area contributed by atoms with Crippen LogP contribution < -0.4 is 15.8 Å². The minimum absolute atomic E-state index is 0.0351. The fourth-order valence-electron chi connectivity index (χ4n) is 2.69. The Labute approximate surface area is 169 Å². The maximum Gasteiger partial charge on any atom is 0.323 e. The Morgan fingerprint density at radius 1 is 1.46 bits per heavy atom. The van der Waals surface area contributed by atoms with E-state index in [1.165, 1.54) is 6.07 Å². The molecular formula is C19H25FN4O3S. The minimum Gasteiger partial charge on any atom is -0.493 e. The second kappa shape index (κ2) is 10.7. The van der Waals surface area contributed by atoms with Crippen LogP contribution in [0.2, 0.25) is 0 Å². The number of carbonyl (C=O) groups is 1. The molecule has 28 heavy (non-hydrogen) atoms. The van der Waals surface area contributed by atoms with Gasteiger partial charge < -0.3 is 20.5 Å². The van der Waals surface area contributed by atoms with E-state index in [4.69, 9.17) is 27.8 Å². The van der Waals surface area contributed by atoms with Gasteiger partial charge in [-0.05, 0) is 44.1 Å². The summed E-state index contributed by atoms with van der Waals surface area (Å²) in [6.07, 6.45) is 3.61. The zero-order chi connectivity index (χ0) is 20.5. The highest BCUT2D eigenvalue weighted by Crippen LogP contribution is 2.23. The monoisotopic (exact) mass is 408 g/mol. The number of piperidine rings is 1. The Hall–Kier alpha value is -2.52. The van der Waals surface area contributed by atoms with Crippen LogP contribution in [0.15, 0.2) is 28.8 Å². The summed E-state index contributed by atoms with van der Waals surface area (Å²) in [6.45, 7) is 2.98. The quantitative estimate of drug-likeness (QED) is 0.301. The fourth-order valence-corrected chi connectivity index (χ4v) is 2.92. The van der Waals surface area contributed by atoms with Crippen LogP contribution in [0.1, 0.15) is 31.7 Å². The predicted molar refractivity (Wildman–Crippen MR) is 111 cm³/mol. The first-order valence-corrected chi connectivity index (χ1v) is 9.43. The number of nitrogens with zero attached hydrogens (tertiary/aromatic N) is 2. The topological polar surface area (TPSA) is 100 Å². The van der Waals surface area contributed by atoms with Crippen LogP contribution in [0.3, 0.4) is 0 Å². The minimum atomic E-state index is -0.366. The smallest absolute Gasteiger partial charge is 0.323 e. The number of thiocarbonyl (C=S) groups is 1. The van der Waals surface area contributed by atoms with E-state index in [0.29, 0.717) is 50.3 Å². The molecule has 1 saturated heterocycles. The van der Waals surface area contributed by atoms with Gasteiger partial charge in [0, 0.05) is 37.7 Å². The van der Waals surface area contributed by atoms with E-state index in [-0.39, 0.29) is 29.4 Å². The number of aliphatic hydroxyl groups excluding tert-OH is 1. The first-order chi connectivity index (χ1) is 13.4. The molecule has 9 heteroatoms. The zero-order valence-corrected chi connectivity index (χ0v) is 16.6. The molecule has 1 aliphatic heterocycles. The van der Waals surface area contributed by atoms with Gasteiger partial charge in [0.2, 0.25) is 5.11 Å². The molecule has 0 spiro atoms. The van der Waals surface area contributed by atoms with E-state index >= 15 is 0 Å². The number of hydrogen-bond donors (Lipinski definition) is 3. The van der Waals surface area contributed by atoms with Crippen LogP contribution in [0, 0.1) is 5.82 Å². The summed E-state index contributed by atoms with van der Waals surface area (Å²) in [5, 5.41) is 11.3. The van der Waals surface area contributed by atoms with Gasteiger partial charge in [-0.2, -0.15) is 0 Å². The van der Waals surface area contributed by atoms with Gasteiger partial charge in [0.25, 0.3) is 0 Å². The third-order valence-corrected chi connectivity index (χ3v) is 4.28. The third-order valence-electron chi connectivity index (χ3n) is 4.09. The van der Waals surface area contributed by atoms with Crippen molar-refractivity contribution in [2.45, 2.75) is 26.2 Å². The van der Waals surface area contributed by atoms with Gasteiger partial charge in [-0.3, -0.25) is 5.32 Å². The SMILES string of the molecule is C/C(N)=N/C(=S)NC(=O)N1CCC(=Cc2ccc(OCCCO)cc2F)CC1. The number of halogens is 1. The normalized spacial score (nSPS) is 14.6. The molecule has 0 unspecified atom stereocenters. The van der Waals surface area contributed by atoms with Crippen molar-refractivity contribution < 1.29 is 19.0 Å². The lowest BCUT2D eigenvalue weighted by Gasteiger charge is -2.28. The van der Waals surface area contributed by atoms with Crippen LogP contribution in [0.4, 0.5) is 9.18 Å². The average Bonchev–Trinajstić information content (AvgIpc) is 2.64. The van der Waals surface area contributed by atoms with Crippen molar-refractivity contribution in [3.05, 3.63) is 35.2 Å². The van der Waals surface area contributed by atoms with Crippen molar-refractivity contribution in [2.75, 3.05) is 26.3 Å². The molecule has 2 amide bonds. The number of carbonyl (C=O) groups excluding carboxylic acids is 1. The van der Waals surface area contributed by atoms with Gasteiger partial charge in [-0.15, -0.1) is 0 Å². The standard InChI is InChI=1S/C19H25FN4O3S/c1-13(21)22-18(28)23-19(26)24-7-5-14(6-8-24)11-15-3-4-16(12-17(15)20)27-10-2-9-25/h3-4,11-12,25H,2,5-10H2,1H3,(H3,21,22,23,26,28). The van der Waals surface area contributed by atoms with E-state index in [2.05, 4.69) is 10.3 Å². The number of amidine groups is 1. The number of hydrogen-bond acceptors (Lipinski definition) is 4. The summed E-state index contributed by atoms with van der Waals surface area (Å²) in [5.41, 5.74) is 6.98. The van der Waals surface area contributed by atoms with E-state index in [0.717, 1.165) is 5.57 Å². The summed E-state index contributed by atoms with van der Waals surface area (Å²) < 4.78 is 19.7. The van der Waals surface area contributed by atoms with E-state index < -0.39 is 0 Å². The maximum atomic E-state index is 14.3. The van der Waals surface area contributed by atoms with E-state index in [9.17, 15) is 9.18 Å². The Morgan fingerprint density at radius 3 is 2.79 bits per heavy atom. The Bertz CT molecular complexity index is 768. The molecule has 7 nitrogen and oxygen atoms in total. The number of likely N-dealkylation sites (tertiary alicyclic amines) is 1. The van der Waals surface area contributed by atoms with Crippen molar-refractivity contribution in [3.8, 4) is 5.75 Å². The Balaban J connectivity index is 1.90. The number of urea groups is 1. The molecule has 1 aliphatic rings. The predicted octanol–water partition coefficient (Wildman–Crippen LogP) is 2.44. The van der Waals surface area contributed by atoms with Crippen molar-refractivity contribution >= 4 is 35.3 Å². The third kappa shape index (κ3) is 6.90. The number of amides is 2. The number of aliphatic hydroxyl groups is 1. The Kier molecular flexibility index (Phi) is 8.34. The highest BCUT2D eigenvalue weighted by atomic mass is 32.1. The zero-order valence-electron chi connectivity index (χ0n) is 15.8. The molecule has 0 aromatic heterocycles. The lowest BCUT2D eigenvalue weighted by Crippen LogP contribution is -2.44. The molecule has 1 heterocycles. The van der Waals surface area contributed by atoms with Crippen LogP contribution >= 0.6 is 12.2 Å². The van der Waals surface area contributed by atoms with Crippen LogP contribution in [-0.2, 0) is 0 Å². The Morgan fingerprint density at radius 2 is 2.18 bits per heavy atom. The lowest BCUT2D eigenvalue weighted by molar-refractivity contribution is 0.199. The van der Waals surface area contributed by atoms with Gasteiger partial charge in [0.15, 0.2) is 0 Å². The van der Waals surface area contributed by atoms with Gasteiger partial charge in [0.1, 0.15) is 11.6 Å². The average molecular weight is 408 g/mol. The molecule has 4 N–H and O–H groups in total. The van der Waals surface area contributed by atoms with Crippen molar-refractivity contribution in [1.82, 2.24) is 10.2 Å². The van der Waals surface area contributed by atoms with Gasteiger partial charge in [-0.1, -0.05) is 11.6 Å². The van der Waals surface area contributed by atoms with Crippen molar-refractivity contribution in [3.63, 3.8) is 0 Å². The van der Waals surface area contributed by atoms with E-state index in [1.54, 1.807) is 24.0 Å². The van der Waals surface area contributed by atoms with Gasteiger partial charge in [-0.25, -0.2) is 14.2 Å². The molecule has 0 radical (unpaired) electrons. The maximum absolute atomic E-state index is 14.3. The second-order valence-corrected chi connectivity index (χ2v) is 6.77. The molecular weight excluding hydrogens is 383 g/mol. The van der Waals surface area contributed by atoms with Crippen LogP contribution in [-0.4, -0.2) is 53.3 Å². The van der Waals surface area contributed by atoms with Gasteiger partial charge >= 0.3 is 6.03 Å². The summed E-state index contributed by atoms with van der Waals surface area (Å²) in [6, 6.07) is 4.40. The molecule has 0 atom stereocenters. The van der Waals surface area contributed by atoms with Crippen LogP contribution in [0.5, 0.6) is 5.75 Å². The summed E-state index contributed by atoms with van der Waals surface area (Å²) >= 11 is 4.94. The van der Waals surface area contributed by atoms with Crippen molar-refractivity contribution in [1.29, 1.82) is 0 Å². The number of benzene rings is 1. The molecule has 152 valence electrons. The highest BCUT2D eigenvalue weighted by molar-refractivity contribution is 7.80. The first kappa shape index (κ1) is 21.8. The summed E-state index contributed by atoms with van der Waals surface area (Å²) in [7, 11) is 0. The number of aliphatic imine (C=N–C) groups is 1. The number of nitrogens with two attached hydrogens (primary N) is 1. The molecule has 2 rings (SSSR count). The fraction of sp³-hybridized carbons (Fsp3) is 0.421. The molecule has 0 bridgehead atoms. The summed E-state index contributed by atoms with van der Waals surface area (Å²) in [4.78, 5) is 17.6. The number of ether oxygens (including phenoxy) is 1. The number of nitrogens with one attached hydrogen (secondary N) is 1. The van der Waals surface area contributed by atoms with Gasteiger partial charge in [0.05, 0.1) is 12.4 Å². The lowest BCUT2D eigenvalue weighted by atomic mass is 10.0. The molecule has 0 aliphatic carbocycles.